The van der Waals surface area contributed by atoms with Crippen LogP contribution in [-0.4, -0.2) is 57.9 Å². The van der Waals surface area contributed by atoms with E-state index in [0.717, 1.165) is 24.2 Å². The van der Waals surface area contributed by atoms with Crippen LogP contribution in [-0.2, 0) is 27.7 Å². The second-order valence-corrected chi connectivity index (χ2v) is 8.97. The Morgan fingerprint density at radius 3 is 2.44 bits per heavy atom. The zero-order valence-electron chi connectivity index (χ0n) is 15.0. The summed E-state index contributed by atoms with van der Waals surface area (Å²) in [6.07, 6.45) is 4.35. The maximum atomic E-state index is 13.0. The molecule has 1 aromatic rings. The van der Waals surface area contributed by atoms with Crippen LogP contribution in [0.1, 0.15) is 30.9 Å². The van der Waals surface area contributed by atoms with Crippen molar-refractivity contribution in [2.75, 3.05) is 33.2 Å². The summed E-state index contributed by atoms with van der Waals surface area (Å²) in [6, 6.07) is 5.46. The van der Waals surface area contributed by atoms with Crippen molar-refractivity contribution < 1.29 is 18.1 Å². The van der Waals surface area contributed by atoms with Gasteiger partial charge >= 0.3 is 0 Å². The van der Waals surface area contributed by atoms with E-state index in [4.69, 9.17) is 0 Å². The summed E-state index contributed by atoms with van der Waals surface area (Å²) in [5, 5.41) is 2.67. The number of nitrogens with one attached hydrogen (secondary N) is 2. The zero-order valence-corrected chi connectivity index (χ0v) is 15.9. The molecule has 1 aliphatic heterocycles. The number of quaternary nitrogens is 1. The highest BCUT2D eigenvalue weighted by molar-refractivity contribution is 7.89. The van der Waals surface area contributed by atoms with Gasteiger partial charge in [-0.1, -0.05) is 6.07 Å². The van der Waals surface area contributed by atoms with Gasteiger partial charge in [-0.3, -0.25) is 4.79 Å². The number of hydrogen-bond donors (Lipinski definition) is 2. The molecule has 138 valence electrons. The number of sulfonamides is 1. The highest BCUT2D eigenvalue weighted by Crippen LogP contribution is 2.25. The molecule has 1 fully saturated rings. The largest absolute Gasteiger partial charge is 0.354 e. The van der Waals surface area contributed by atoms with Crippen LogP contribution in [0.3, 0.4) is 0 Å². The fourth-order valence-electron chi connectivity index (χ4n) is 3.87. The molecule has 3 rings (SSSR count). The predicted molar refractivity (Wildman–Crippen MR) is 96.1 cm³/mol. The summed E-state index contributed by atoms with van der Waals surface area (Å²) in [4.78, 5) is 13.3. The molecule has 0 bridgehead atoms. The minimum Gasteiger partial charge on any atom is -0.354 e. The summed E-state index contributed by atoms with van der Waals surface area (Å²) >= 11 is 0. The molecule has 7 heteroatoms. The Bertz CT molecular complexity index is 740. The van der Waals surface area contributed by atoms with E-state index in [1.807, 2.05) is 19.1 Å². The Hall–Kier alpha value is -1.44. The molecular weight excluding hydrogens is 338 g/mol. The van der Waals surface area contributed by atoms with E-state index in [9.17, 15) is 13.2 Å². The molecule has 1 aromatic carbocycles. The van der Waals surface area contributed by atoms with Gasteiger partial charge in [0.2, 0.25) is 10.0 Å². The molecule has 1 amide bonds. The van der Waals surface area contributed by atoms with Gasteiger partial charge in [-0.15, -0.1) is 0 Å². The van der Waals surface area contributed by atoms with Gasteiger partial charge < -0.3 is 10.2 Å². The maximum absolute atomic E-state index is 13.0. The number of fused-ring (bicyclic) bond motifs is 1. The smallest absolute Gasteiger partial charge is 0.277 e. The third-order valence-electron chi connectivity index (χ3n) is 5.57. The van der Waals surface area contributed by atoms with Crippen LogP contribution in [0.4, 0.5) is 0 Å². The van der Waals surface area contributed by atoms with Crippen molar-refractivity contribution in [3.8, 4) is 0 Å². The lowest BCUT2D eigenvalue weighted by Gasteiger charge is -2.34. The van der Waals surface area contributed by atoms with Crippen LogP contribution in [0.15, 0.2) is 23.1 Å². The number of likely N-dealkylation sites (N-methyl/N-ethyl adjacent to an activating group) is 1. The molecule has 25 heavy (non-hydrogen) atoms. The van der Waals surface area contributed by atoms with E-state index < -0.39 is 10.0 Å². The summed E-state index contributed by atoms with van der Waals surface area (Å²) in [7, 11) is -1.82. The average molecular weight is 367 g/mol. The van der Waals surface area contributed by atoms with Gasteiger partial charge in [-0.05, 0) is 55.9 Å². The van der Waals surface area contributed by atoms with Crippen LogP contribution in [0.2, 0.25) is 0 Å². The number of amides is 1. The minimum absolute atomic E-state index is 0.000921. The molecule has 0 aromatic heterocycles. The van der Waals surface area contributed by atoms with Crippen molar-refractivity contribution in [3.05, 3.63) is 29.3 Å². The zero-order chi connectivity index (χ0) is 18.0. The summed E-state index contributed by atoms with van der Waals surface area (Å²) in [6.45, 7) is 4.10. The van der Waals surface area contributed by atoms with E-state index in [-0.39, 0.29) is 11.9 Å². The minimum atomic E-state index is -3.45. The van der Waals surface area contributed by atoms with Crippen LogP contribution in [0, 0.1) is 0 Å². The molecule has 2 aliphatic rings. The molecule has 0 spiro atoms. The number of carbonyl (C=O) groups excluding carboxylic acids is 1. The molecule has 1 aliphatic carbocycles. The number of piperazine rings is 1. The number of nitrogens with zero attached hydrogens (tertiary/aromatic N) is 1. The van der Waals surface area contributed by atoms with Gasteiger partial charge in [0.25, 0.3) is 5.91 Å². The number of rotatable bonds is 4. The lowest BCUT2D eigenvalue weighted by atomic mass is 9.92. The van der Waals surface area contributed by atoms with E-state index in [0.29, 0.717) is 31.1 Å². The SMILES string of the molecule is CNC(=O)[C@@H](C)[NH+]1CCN(S(=O)(=O)c2ccc3c(c2)CCCC3)CC1. The lowest BCUT2D eigenvalue weighted by Crippen LogP contribution is -3.19. The summed E-state index contributed by atoms with van der Waals surface area (Å²) in [5.74, 6) is 0.000921. The van der Waals surface area contributed by atoms with Crippen LogP contribution in [0.5, 0.6) is 0 Å². The van der Waals surface area contributed by atoms with E-state index >= 15 is 0 Å². The quantitative estimate of drug-likeness (QED) is 0.761. The first-order valence-corrected chi connectivity index (χ1v) is 10.6. The second kappa shape index (κ2) is 7.43. The lowest BCUT2D eigenvalue weighted by molar-refractivity contribution is -0.917. The standard InChI is InChI=1S/C18H27N3O3S/c1-14(18(22)19-2)20-9-11-21(12-10-20)25(23,24)17-8-7-15-5-3-4-6-16(15)13-17/h7-8,13-14H,3-6,9-12H2,1-2H3,(H,19,22)/p+1/t14-/m1/s1. The predicted octanol–water partition coefficient (Wildman–Crippen LogP) is -0.411. The molecular formula is C18H28N3O3S+. The van der Waals surface area contributed by atoms with Gasteiger partial charge in [-0.2, -0.15) is 4.31 Å². The number of benzene rings is 1. The summed E-state index contributed by atoms with van der Waals surface area (Å²) in [5.41, 5.74) is 2.48. The van der Waals surface area contributed by atoms with Crippen molar-refractivity contribution in [1.82, 2.24) is 9.62 Å². The van der Waals surface area contributed by atoms with E-state index in [2.05, 4.69) is 5.32 Å². The topological polar surface area (TPSA) is 70.9 Å². The molecule has 0 radical (unpaired) electrons. The number of aryl methyl sites for hydroxylation is 2. The molecule has 1 saturated heterocycles. The Labute approximate surface area is 150 Å². The molecule has 0 unspecified atom stereocenters. The van der Waals surface area contributed by atoms with E-state index in [1.54, 1.807) is 17.4 Å². The van der Waals surface area contributed by atoms with Crippen molar-refractivity contribution >= 4 is 15.9 Å². The molecule has 2 N–H and O–H groups in total. The first-order valence-electron chi connectivity index (χ1n) is 9.11. The van der Waals surface area contributed by atoms with Crippen LogP contribution in [0.25, 0.3) is 0 Å². The van der Waals surface area contributed by atoms with Crippen molar-refractivity contribution in [3.63, 3.8) is 0 Å². The maximum Gasteiger partial charge on any atom is 0.277 e. The van der Waals surface area contributed by atoms with Crippen LogP contribution >= 0.6 is 0 Å². The van der Waals surface area contributed by atoms with Crippen molar-refractivity contribution in [2.24, 2.45) is 0 Å². The van der Waals surface area contributed by atoms with Gasteiger partial charge in [0, 0.05) is 7.05 Å². The van der Waals surface area contributed by atoms with E-state index in [1.165, 1.54) is 17.5 Å². The monoisotopic (exact) mass is 366 g/mol. The number of hydrogen-bond acceptors (Lipinski definition) is 3. The second-order valence-electron chi connectivity index (χ2n) is 7.04. The summed E-state index contributed by atoms with van der Waals surface area (Å²) < 4.78 is 27.5. The average Bonchev–Trinajstić information content (AvgIpc) is 2.66. The third-order valence-corrected chi connectivity index (χ3v) is 7.47. The Kier molecular flexibility index (Phi) is 5.46. The van der Waals surface area contributed by atoms with Gasteiger partial charge in [0.15, 0.2) is 6.04 Å². The first kappa shape index (κ1) is 18.4. The number of carbonyl (C=O) groups is 1. The van der Waals surface area contributed by atoms with Crippen molar-refractivity contribution in [2.45, 2.75) is 43.5 Å². The van der Waals surface area contributed by atoms with Crippen LogP contribution < -0.4 is 10.2 Å². The normalized spacial score (nSPS) is 20.7. The fourth-order valence-corrected chi connectivity index (χ4v) is 5.36. The van der Waals surface area contributed by atoms with Gasteiger partial charge in [-0.25, -0.2) is 8.42 Å². The molecule has 0 saturated carbocycles. The highest BCUT2D eigenvalue weighted by Gasteiger charge is 2.34. The molecule has 1 heterocycles. The fraction of sp³-hybridized carbons (Fsp3) is 0.611. The third kappa shape index (κ3) is 3.73. The molecule has 6 nitrogen and oxygen atoms in total. The Balaban J connectivity index is 1.71. The highest BCUT2D eigenvalue weighted by atomic mass is 32.2. The Morgan fingerprint density at radius 1 is 1.16 bits per heavy atom. The Morgan fingerprint density at radius 2 is 1.80 bits per heavy atom. The van der Waals surface area contributed by atoms with Gasteiger partial charge in [0.1, 0.15) is 0 Å². The van der Waals surface area contributed by atoms with Gasteiger partial charge in [0.05, 0.1) is 31.1 Å². The first-order chi connectivity index (χ1) is 11.9. The van der Waals surface area contributed by atoms with Crippen molar-refractivity contribution in [1.29, 1.82) is 0 Å². The molecule has 1 atom stereocenters.